The lowest BCUT2D eigenvalue weighted by molar-refractivity contribution is -0.137. The van der Waals surface area contributed by atoms with Crippen molar-refractivity contribution >= 4 is 21.7 Å². The van der Waals surface area contributed by atoms with Crippen LogP contribution in [0.15, 0.2) is 16.7 Å². The summed E-state index contributed by atoms with van der Waals surface area (Å²) in [6.45, 7) is 3.59. The normalized spacial score (nSPS) is 11.6. The third-order valence-electron chi connectivity index (χ3n) is 2.27. The Bertz CT molecular complexity index is 399. The topological polar surface area (TPSA) is 34.1 Å². The van der Waals surface area contributed by atoms with Crippen LogP contribution in [-0.4, -0.2) is 24.7 Å². The van der Waals surface area contributed by atoms with Crippen molar-refractivity contribution in [2.24, 2.45) is 0 Å². The van der Waals surface area contributed by atoms with Gasteiger partial charge >= 0.3 is 6.18 Å². The van der Waals surface area contributed by atoms with Gasteiger partial charge in [-0.25, -0.2) is 4.98 Å². The maximum Gasteiger partial charge on any atom is 0.419 e. The first-order valence-electron chi connectivity index (χ1n) is 5.99. The molecule has 0 amide bonds. The second kappa shape index (κ2) is 7.69. The molecule has 0 radical (unpaired) electrons. The van der Waals surface area contributed by atoms with Crippen LogP contribution >= 0.6 is 15.9 Å². The first kappa shape index (κ1) is 16.2. The van der Waals surface area contributed by atoms with E-state index >= 15 is 0 Å². The third-order valence-corrected chi connectivity index (χ3v) is 2.70. The van der Waals surface area contributed by atoms with E-state index in [2.05, 4.69) is 26.2 Å². The maximum atomic E-state index is 12.8. The van der Waals surface area contributed by atoms with Crippen molar-refractivity contribution in [3.63, 3.8) is 0 Å². The second-order valence-electron chi connectivity index (χ2n) is 3.94. The van der Waals surface area contributed by atoms with E-state index in [0.29, 0.717) is 30.7 Å². The van der Waals surface area contributed by atoms with Gasteiger partial charge in [-0.15, -0.1) is 0 Å². The Labute approximate surface area is 118 Å². The standard InChI is InChI=1S/C12H16BrF3N2O/c1-2-5-19-6-3-4-17-11-10(12(14,15)16)7-9(13)8-18-11/h7-8H,2-6H2,1H3,(H,17,18). The predicted molar refractivity (Wildman–Crippen MR) is 71.2 cm³/mol. The fraction of sp³-hybridized carbons (Fsp3) is 0.583. The molecular formula is C12H16BrF3N2O. The van der Waals surface area contributed by atoms with Gasteiger partial charge < -0.3 is 10.1 Å². The minimum Gasteiger partial charge on any atom is -0.381 e. The monoisotopic (exact) mass is 340 g/mol. The van der Waals surface area contributed by atoms with E-state index in [1.807, 2.05) is 6.92 Å². The Hall–Kier alpha value is -0.820. The molecule has 7 heteroatoms. The van der Waals surface area contributed by atoms with Crippen molar-refractivity contribution in [2.45, 2.75) is 25.9 Å². The summed E-state index contributed by atoms with van der Waals surface area (Å²) in [7, 11) is 0. The lowest BCUT2D eigenvalue weighted by Crippen LogP contribution is -2.14. The van der Waals surface area contributed by atoms with Crippen molar-refractivity contribution in [3.05, 3.63) is 22.3 Å². The van der Waals surface area contributed by atoms with E-state index in [1.165, 1.54) is 6.20 Å². The molecule has 0 spiro atoms. The smallest absolute Gasteiger partial charge is 0.381 e. The van der Waals surface area contributed by atoms with Crippen molar-refractivity contribution in [1.29, 1.82) is 0 Å². The van der Waals surface area contributed by atoms with Gasteiger partial charge in [-0.05, 0) is 34.8 Å². The molecule has 1 aromatic rings. The molecule has 0 aliphatic carbocycles. The third kappa shape index (κ3) is 5.78. The summed E-state index contributed by atoms with van der Waals surface area (Å²) in [6.07, 6.45) is -1.52. The molecule has 1 heterocycles. The van der Waals surface area contributed by atoms with Crippen LogP contribution in [0.2, 0.25) is 0 Å². The Morgan fingerprint density at radius 1 is 1.37 bits per heavy atom. The highest BCUT2D eigenvalue weighted by Crippen LogP contribution is 2.35. The molecule has 0 aromatic carbocycles. The van der Waals surface area contributed by atoms with E-state index in [9.17, 15) is 13.2 Å². The molecule has 0 saturated heterocycles. The molecule has 1 N–H and O–H groups in total. The van der Waals surface area contributed by atoms with Gasteiger partial charge in [0.15, 0.2) is 0 Å². The van der Waals surface area contributed by atoms with Crippen LogP contribution in [0.25, 0.3) is 0 Å². The van der Waals surface area contributed by atoms with E-state index in [1.54, 1.807) is 0 Å². The number of hydrogen-bond acceptors (Lipinski definition) is 3. The van der Waals surface area contributed by atoms with Gasteiger partial charge in [-0.1, -0.05) is 6.92 Å². The quantitative estimate of drug-likeness (QED) is 0.759. The van der Waals surface area contributed by atoms with Crippen molar-refractivity contribution in [2.75, 3.05) is 25.1 Å². The summed E-state index contributed by atoms with van der Waals surface area (Å²) in [5.74, 6) is -0.147. The lowest BCUT2D eigenvalue weighted by atomic mass is 10.2. The van der Waals surface area contributed by atoms with Gasteiger partial charge in [0, 0.05) is 30.4 Å². The molecular weight excluding hydrogens is 325 g/mol. The fourth-order valence-electron chi connectivity index (χ4n) is 1.42. The SMILES string of the molecule is CCCOCCCNc1ncc(Br)cc1C(F)(F)F. The van der Waals surface area contributed by atoms with Gasteiger partial charge in [0.25, 0.3) is 0 Å². The lowest BCUT2D eigenvalue weighted by Gasteiger charge is -2.13. The summed E-state index contributed by atoms with van der Waals surface area (Å²) in [4.78, 5) is 3.76. The van der Waals surface area contributed by atoms with Crippen LogP contribution in [0.5, 0.6) is 0 Å². The number of alkyl halides is 3. The molecule has 0 bridgehead atoms. The molecule has 0 aliphatic heterocycles. The minimum atomic E-state index is -4.42. The zero-order valence-electron chi connectivity index (χ0n) is 10.6. The van der Waals surface area contributed by atoms with Crippen LogP contribution < -0.4 is 5.32 Å². The largest absolute Gasteiger partial charge is 0.419 e. The predicted octanol–water partition coefficient (Wildman–Crippen LogP) is 4.09. The number of anilines is 1. The minimum absolute atomic E-state index is 0.147. The molecule has 108 valence electrons. The number of pyridine rings is 1. The summed E-state index contributed by atoms with van der Waals surface area (Å²) >= 11 is 2.99. The first-order valence-corrected chi connectivity index (χ1v) is 6.78. The molecule has 3 nitrogen and oxygen atoms in total. The highest BCUT2D eigenvalue weighted by Gasteiger charge is 2.34. The fourth-order valence-corrected chi connectivity index (χ4v) is 1.75. The van der Waals surface area contributed by atoms with Crippen molar-refractivity contribution < 1.29 is 17.9 Å². The van der Waals surface area contributed by atoms with Gasteiger partial charge in [-0.2, -0.15) is 13.2 Å². The average molecular weight is 341 g/mol. The highest BCUT2D eigenvalue weighted by molar-refractivity contribution is 9.10. The number of rotatable bonds is 7. The van der Waals surface area contributed by atoms with Gasteiger partial charge in [0.2, 0.25) is 0 Å². The number of hydrogen-bond donors (Lipinski definition) is 1. The zero-order valence-corrected chi connectivity index (χ0v) is 12.1. The van der Waals surface area contributed by atoms with Crippen LogP contribution in [-0.2, 0) is 10.9 Å². The van der Waals surface area contributed by atoms with Crippen molar-refractivity contribution in [3.8, 4) is 0 Å². The first-order chi connectivity index (χ1) is 8.95. The average Bonchev–Trinajstić information content (AvgIpc) is 2.34. The Kier molecular flexibility index (Phi) is 6.57. The number of nitrogens with one attached hydrogen (secondary N) is 1. The Morgan fingerprint density at radius 2 is 2.11 bits per heavy atom. The Balaban J connectivity index is 2.54. The van der Waals surface area contributed by atoms with Crippen LogP contribution in [0.3, 0.4) is 0 Å². The van der Waals surface area contributed by atoms with Gasteiger partial charge in [0.1, 0.15) is 5.82 Å². The summed E-state index contributed by atoms with van der Waals surface area (Å²) < 4.78 is 43.9. The van der Waals surface area contributed by atoms with E-state index < -0.39 is 11.7 Å². The van der Waals surface area contributed by atoms with Gasteiger partial charge in [0.05, 0.1) is 5.56 Å². The van der Waals surface area contributed by atoms with E-state index in [-0.39, 0.29) is 5.82 Å². The zero-order chi connectivity index (χ0) is 14.3. The summed E-state index contributed by atoms with van der Waals surface area (Å²) in [5.41, 5.74) is -0.767. The number of ether oxygens (including phenoxy) is 1. The van der Waals surface area contributed by atoms with E-state index in [4.69, 9.17) is 4.74 Å². The number of aromatic nitrogens is 1. The summed E-state index contributed by atoms with van der Waals surface area (Å²) in [6, 6.07) is 1.02. The number of nitrogens with zero attached hydrogens (tertiary/aromatic N) is 1. The summed E-state index contributed by atoms with van der Waals surface area (Å²) in [5, 5.41) is 2.69. The Morgan fingerprint density at radius 3 is 2.74 bits per heavy atom. The second-order valence-corrected chi connectivity index (χ2v) is 4.86. The van der Waals surface area contributed by atoms with Gasteiger partial charge in [-0.3, -0.25) is 0 Å². The molecule has 0 unspecified atom stereocenters. The molecule has 0 aliphatic rings. The van der Waals surface area contributed by atoms with E-state index in [0.717, 1.165) is 12.5 Å². The molecule has 1 aromatic heterocycles. The van der Waals surface area contributed by atoms with Crippen LogP contribution in [0, 0.1) is 0 Å². The molecule has 0 saturated carbocycles. The molecule has 0 fully saturated rings. The van der Waals surface area contributed by atoms with Crippen LogP contribution in [0.1, 0.15) is 25.3 Å². The van der Waals surface area contributed by atoms with Crippen molar-refractivity contribution in [1.82, 2.24) is 4.98 Å². The van der Waals surface area contributed by atoms with Crippen LogP contribution in [0.4, 0.5) is 19.0 Å². The molecule has 19 heavy (non-hydrogen) atoms. The molecule has 1 rings (SSSR count). The highest BCUT2D eigenvalue weighted by atomic mass is 79.9. The molecule has 0 atom stereocenters. The maximum absolute atomic E-state index is 12.8. The number of halogens is 4.